The fourth-order valence-corrected chi connectivity index (χ4v) is 4.41. The predicted octanol–water partition coefficient (Wildman–Crippen LogP) is 1.90. The van der Waals surface area contributed by atoms with Gasteiger partial charge in [-0.05, 0) is 55.6 Å². The molecule has 1 saturated heterocycles. The van der Waals surface area contributed by atoms with Gasteiger partial charge in [0.1, 0.15) is 4.90 Å². The number of carbonyl (C=O) groups excluding carboxylic acids is 1. The summed E-state index contributed by atoms with van der Waals surface area (Å²) in [6.07, 6.45) is 4.93. The van der Waals surface area contributed by atoms with Gasteiger partial charge in [-0.25, -0.2) is 17.9 Å². The molecule has 0 aliphatic carbocycles. The molecule has 0 saturated carbocycles. The first-order chi connectivity index (χ1) is 13.8. The molecule has 1 aliphatic heterocycles. The number of likely N-dealkylation sites (tertiary alicyclic amines) is 1. The molecule has 0 amide bonds. The number of nitrogens with zero attached hydrogens (tertiary/aromatic N) is 1. The number of ether oxygens (including phenoxy) is 3. The molecule has 29 heavy (non-hydrogen) atoms. The Morgan fingerprint density at radius 2 is 1.90 bits per heavy atom. The van der Waals surface area contributed by atoms with Crippen LogP contribution in [0.25, 0.3) is 6.08 Å². The van der Waals surface area contributed by atoms with Crippen LogP contribution >= 0.6 is 0 Å². The summed E-state index contributed by atoms with van der Waals surface area (Å²) in [6.45, 7) is 5.14. The summed E-state index contributed by atoms with van der Waals surface area (Å²) >= 11 is 0. The lowest BCUT2D eigenvalue weighted by molar-refractivity contribution is -0.134. The molecule has 0 atom stereocenters. The zero-order chi connectivity index (χ0) is 21.4. The second-order valence-corrected chi connectivity index (χ2v) is 8.77. The number of hydrogen-bond acceptors (Lipinski definition) is 7. The molecular formula is C20H30N2O6S. The quantitative estimate of drug-likeness (QED) is 0.476. The third kappa shape index (κ3) is 6.45. The molecule has 1 aliphatic rings. The van der Waals surface area contributed by atoms with Crippen molar-refractivity contribution in [2.75, 3.05) is 47.5 Å². The van der Waals surface area contributed by atoms with Gasteiger partial charge in [0.2, 0.25) is 10.0 Å². The average Bonchev–Trinajstić information content (AvgIpc) is 2.72. The van der Waals surface area contributed by atoms with Crippen LogP contribution in [0.5, 0.6) is 11.5 Å². The number of nitrogens with one attached hydrogen (secondary N) is 1. The SMILES string of the molecule is COC(=O)/C=C/c1cc(OC)c(OC)c(S(=O)(=O)NCCN2CCC(C)CC2)c1. The van der Waals surface area contributed by atoms with E-state index in [9.17, 15) is 13.2 Å². The molecular weight excluding hydrogens is 396 g/mol. The van der Waals surface area contributed by atoms with Gasteiger partial charge in [0.15, 0.2) is 11.5 Å². The number of methoxy groups -OCH3 is 3. The predicted molar refractivity (Wildman–Crippen MR) is 111 cm³/mol. The first-order valence-corrected chi connectivity index (χ1v) is 11.0. The first-order valence-electron chi connectivity index (χ1n) is 9.54. The third-order valence-corrected chi connectivity index (χ3v) is 6.43. The Bertz CT molecular complexity index is 830. The van der Waals surface area contributed by atoms with Crippen molar-refractivity contribution < 1.29 is 27.4 Å². The summed E-state index contributed by atoms with van der Waals surface area (Å²) in [5, 5.41) is 0. The highest BCUT2D eigenvalue weighted by molar-refractivity contribution is 7.89. The lowest BCUT2D eigenvalue weighted by atomic mass is 9.99. The molecule has 0 aromatic heterocycles. The van der Waals surface area contributed by atoms with E-state index in [0.29, 0.717) is 18.7 Å². The molecule has 1 aromatic rings. The molecule has 0 spiro atoms. The van der Waals surface area contributed by atoms with E-state index in [2.05, 4.69) is 21.3 Å². The van der Waals surface area contributed by atoms with Crippen LogP contribution in [0.3, 0.4) is 0 Å². The Hall–Kier alpha value is -2.10. The molecule has 1 N–H and O–H groups in total. The maximum absolute atomic E-state index is 12.9. The van der Waals surface area contributed by atoms with Crippen molar-refractivity contribution >= 4 is 22.1 Å². The van der Waals surface area contributed by atoms with Crippen molar-refractivity contribution in [3.8, 4) is 11.5 Å². The van der Waals surface area contributed by atoms with E-state index >= 15 is 0 Å². The molecule has 2 rings (SSSR count). The Kier molecular flexibility index (Phi) is 8.48. The van der Waals surface area contributed by atoms with Gasteiger partial charge in [-0.1, -0.05) is 6.92 Å². The van der Waals surface area contributed by atoms with Crippen molar-refractivity contribution in [3.05, 3.63) is 23.8 Å². The van der Waals surface area contributed by atoms with Crippen LogP contribution in [-0.4, -0.2) is 66.8 Å². The number of piperidine rings is 1. The van der Waals surface area contributed by atoms with Crippen molar-refractivity contribution in [3.63, 3.8) is 0 Å². The van der Waals surface area contributed by atoms with Gasteiger partial charge in [0.25, 0.3) is 0 Å². The zero-order valence-electron chi connectivity index (χ0n) is 17.4. The fourth-order valence-electron chi connectivity index (χ4n) is 3.18. The molecule has 0 unspecified atom stereocenters. The van der Waals surface area contributed by atoms with Crippen LogP contribution < -0.4 is 14.2 Å². The summed E-state index contributed by atoms with van der Waals surface area (Å²) in [5.74, 6) is 0.547. The molecule has 9 heteroatoms. The van der Waals surface area contributed by atoms with Gasteiger partial charge in [-0.3, -0.25) is 0 Å². The molecule has 0 bridgehead atoms. The minimum absolute atomic E-state index is 0.0452. The van der Waals surface area contributed by atoms with Gasteiger partial charge in [0, 0.05) is 19.2 Å². The number of sulfonamides is 1. The number of esters is 1. The average molecular weight is 427 g/mol. The summed E-state index contributed by atoms with van der Waals surface area (Å²) in [7, 11) is 0.230. The zero-order valence-corrected chi connectivity index (χ0v) is 18.3. The smallest absolute Gasteiger partial charge is 0.330 e. The van der Waals surface area contributed by atoms with Crippen molar-refractivity contribution in [1.82, 2.24) is 9.62 Å². The molecule has 8 nitrogen and oxygen atoms in total. The number of hydrogen-bond donors (Lipinski definition) is 1. The van der Waals surface area contributed by atoms with Gasteiger partial charge in [0.05, 0.1) is 21.3 Å². The summed E-state index contributed by atoms with van der Waals surface area (Å²) in [5.41, 5.74) is 0.471. The van der Waals surface area contributed by atoms with Gasteiger partial charge in [-0.2, -0.15) is 0 Å². The van der Waals surface area contributed by atoms with E-state index < -0.39 is 16.0 Å². The van der Waals surface area contributed by atoms with Gasteiger partial charge >= 0.3 is 5.97 Å². The Labute approximate surface area is 172 Å². The van der Waals surface area contributed by atoms with E-state index in [0.717, 1.165) is 31.8 Å². The highest BCUT2D eigenvalue weighted by Crippen LogP contribution is 2.36. The van der Waals surface area contributed by atoms with E-state index in [1.54, 1.807) is 6.07 Å². The van der Waals surface area contributed by atoms with E-state index in [1.165, 1.54) is 39.5 Å². The van der Waals surface area contributed by atoms with E-state index in [-0.39, 0.29) is 16.4 Å². The summed E-state index contributed by atoms with van der Waals surface area (Å²) in [4.78, 5) is 13.6. The molecule has 1 heterocycles. The second kappa shape index (κ2) is 10.6. The van der Waals surface area contributed by atoms with Crippen LogP contribution in [0.4, 0.5) is 0 Å². The van der Waals surface area contributed by atoms with E-state index in [1.807, 2.05) is 0 Å². The Morgan fingerprint density at radius 1 is 1.21 bits per heavy atom. The maximum Gasteiger partial charge on any atom is 0.330 e. The number of rotatable bonds is 9. The third-order valence-electron chi connectivity index (χ3n) is 4.97. The standard InChI is InChI=1S/C20H30N2O6S/c1-15-7-10-22(11-8-15)12-9-21-29(24,25)18-14-16(5-6-19(23)27-3)13-17(26-2)20(18)28-4/h5-6,13-15,21H,7-12H2,1-4H3/b6-5+. The minimum Gasteiger partial charge on any atom is -0.493 e. The van der Waals surface area contributed by atoms with Crippen LogP contribution in [0.15, 0.2) is 23.1 Å². The second-order valence-electron chi connectivity index (χ2n) is 7.03. The van der Waals surface area contributed by atoms with Crippen LogP contribution in [0.2, 0.25) is 0 Å². The van der Waals surface area contributed by atoms with Crippen LogP contribution in [0.1, 0.15) is 25.3 Å². The Balaban J connectivity index is 2.20. The van der Waals surface area contributed by atoms with Crippen molar-refractivity contribution in [2.45, 2.75) is 24.7 Å². The maximum atomic E-state index is 12.9. The van der Waals surface area contributed by atoms with Crippen LogP contribution in [0, 0.1) is 5.92 Å². The highest BCUT2D eigenvalue weighted by atomic mass is 32.2. The lowest BCUT2D eigenvalue weighted by Crippen LogP contribution is -2.39. The van der Waals surface area contributed by atoms with Crippen molar-refractivity contribution in [2.24, 2.45) is 5.92 Å². The Morgan fingerprint density at radius 3 is 2.48 bits per heavy atom. The van der Waals surface area contributed by atoms with Crippen LogP contribution in [-0.2, 0) is 19.6 Å². The molecule has 1 fully saturated rings. The summed E-state index contributed by atoms with van der Waals surface area (Å²) in [6, 6.07) is 3.03. The molecule has 1 aromatic carbocycles. The number of carbonyl (C=O) groups is 1. The normalized spacial score (nSPS) is 16.1. The first kappa shape index (κ1) is 23.2. The number of benzene rings is 1. The molecule has 162 valence electrons. The lowest BCUT2D eigenvalue weighted by Gasteiger charge is -2.30. The van der Waals surface area contributed by atoms with E-state index in [4.69, 9.17) is 9.47 Å². The largest absolute Gasteiger partial charge is 0.493 e. The van der Waals surface area contributed by atoms with Crippen molar-refractivity contribution in [1.29, 1.82) is 0 Å². The fraction of sp³-hybridized carbons (Fsp3) is 0.550. The molecule has 0 radical (unpaired) electrons. The van der Waals surface area contributed by atoms with Gasteiger partial charge < -0.3 is 19.1 Å². The topological polar surface area (TPSA) is 94.2 Å². The monoisotopic (exact) mass is 426 g/mol. The highest BCUT2D eigenvalue weighted by Gasteiger charge is 2.24. The minimum atomic E-state index is -3.85. The van der Waals surface area contributed by atoms with Gasteiger partial charge in [-0.15, -0.1) is 0 Å². The summed E-state index contributed by atoms with van der Waals surface area (Å²) < 4.78 is 43.7.